The minimum atomic E-state index is -0.361. The lowest BCUT2D eigenvalue weighted by Crippen LogP contribution is -2.42. The normalized spacial score (nSPS) is 10.4. The Morgan fingerprint density at radius 3 is 2.45 bits per heavy atom. The number of carbonyl (C=O) groups excluding carboxylic acids is 3. The number of nitrogens with one attached hydrogen (secondary N) is 2. The SMILES string of the molecule is COCCNC(=O)CN(C(=O)CCC(=O)Nc1cc(C)on1)c1ccc(C)cc1. The van der Waals surface area contributed by atoms with Gasteiger partial charge in [-0.3, -0.25) is 14.4 Å². The molecule has 0 aliphatic heterocycles. The van der Waals surface area contributed by atoms with Crippen LogP contribution in [0.1, 0.15) is 24.2 Å². The smallest absolute Gasteiger partial charge is 0.240 e. The summed E-state index contributed by atoms with van der Waals surface area (Å²) >= 11 is 0. The molecule has 0 aliphatic rings. The van der Waals surface area contributed by atoms with Crippen LogP contribution in [0.2, 0.25) is 0 Å². The van der Waals surface area contributed by atoms with Gasteiger partial charge in [-0.1, -0.05) is 22.9 Å². The minimum absolute atomic E-state index is 0.0433. The van der Waals surface area contributed by atoms with Crippen LogP contribution in [0.3, 0.4) is 0 Å². The van der Waals surface area contributed by atoms with Crippen molar-refractivity contribution in [3.05, 3.63) is 41.7 Å². The summed E-state index contributed by atoms with van der Waals surface area (Å²) in [5.74, 6) is -0.130. The maximum Gasteiger partial charge on any atom is 0.240 e. The first-order chi connectivity index (χ1) is 13.9. The van der Waals surface area contributed by atoms with E-state index in [1.54, 1.807) is 32.2 Å². The Labute approximate surface area is 169 Å². The molecular formula is C20H26N4O5. The molecule has 2 N–H and O–H groups in total. The first-order valence-corrected chi connectivity index (χ1v) is 9.25. The summed E-state index contributed by atoms with van der Waals surface area (Å²) in [5, 5.41) is 8.95. The topological polar surface area (TPSA) is 114 Å². The van der Waals surface area contributed by atoms with E-state index in [0.29, 0.717) is 30.4 Å². The number of carbonyl (C=O) groups is 3. The maximum absolute atomic E-state index is 12.8. The van der Waals surface area contributed by atoms with E-state index in [2.05, 4.69) is 15.8 Å². The van der Waals surface area contributed by atoms with Gasteiger partial charge >= 0.3 is 0 Å². The molecule has 0 aliphatic carbocycles. The quantitative estimate of drug-likeness (QED) is 0.586. The molecule has 0 radical (unpaired) electrons. The van der Waals surface area contributed by atoms with Gasteiger partial charge in [0.1, 0.15) is 12.3 Å². The van der Waals surface area contributed by atoms with E-state index in [4.69, 9.17) is 9.26 Å². The zero-order valence-corrected chi connectivity index (χ0v) is 16.9. The van der Waals surface area contributed by atoms with Crippen LogP contribution in [0.15, 0.2) is 34.9 Å². The van der Waals surface area contributed by atoms with Gasteiger partial charge in [0, 0.05) is 38.2 Å². The number of hydrogen-bond acceptors (Lipinski definition) is 6. The van der Waals surface area contributed by atoms with Gasteiger partial charge < -0.3 is 24.8 Å². The standard InChI is InChI=1S/C20H26N4O5/c1-14-4-6-16(7-5-14)24(13-19(26)21-10-11-28-3)20(27)9-8-18(25)22-17-12-15(2)29-23-17/h4-7,12H,8-11,13H2,1-3H3,(H,21,26)(H,22,23,25). The summed E-state index contributed by atoms with van der Waals surface area (Å²) < 4.78 is 9.79. The zero-order valence-electron chi connectivity index (χ0n) is 16.9. The molecule has 1 aromatic carbocycles. The third-order valence-electron chi connectivity index (χ3n) is 4.04. The molecule has 156 valence electrons. The number of aromatic nitrogens is 1. The number of aryl methyl sites for hydroxylation is 2. The van der Waals surface area contributed by atoms with E-state index in [1.807, 2.05) is 19.1 Å². The van der Waals surface area contributed by atoms with Crippen molar-refractivity contribution in [2.24, 2.45) is 0 Å². The third kappa shape index (κ3) is 7.38. The molecular weight excluding hydrogens is 376 g/mol. The Morgan fingerprint density at radius 2 is 1.83 bits per heavy atom. The Kier molecular flexibility index (Phi) is 8.35. The van der Waals surface area contributed by atoms with Crippen molar-refractivity contribution in [2.45, 2.75) is 26.7 Å². The van der Waals surface area contributed by atoms with Crippen molar-refractivity contribution < 1.29 is 23.6 Å². The Morgan fingerprint density at radius 1 is 1.10 bits per heavy atom. The Bertz CT molecular complexity index is 832. The number of hydrogen-bond donors (Lipinski definition) is 2. The molecule has 2 aromatic rings. The van der Waals surface area contributed by atoms with Crippen LogP contribution in [0.25, 0.3) is 0 Å². The first kappa shape index (κ1) is 22.1. The number of benzene rings is 1. The van der Waals surface area contributed by atoms with Crippen LogP contribution in [0.5, 0.6) is 0 Å². The van der Waals surface area contributed by atoms with Gasteiger partial charge in [-0.15, -0.1) is 0 Å². The maximum atomic E-state index is 12.8. The number of anilines is 2. The first-order valence-electron chi connectivity index (χ1n) is 9.25. The predicted octanol–water partition coefficient (Wildman–Crippen LogP) is 1.81. The molecule has 1 aromatic heterocycles. The molecule has 1 heterocycles. The van der Waals surface area contributed by atoms with E-state index in [1.165, 1.54) is 4.90 Å². The van der Waals surface area contributed by atoms with Crippen molar-refractivity contribution in [1.82, 2.24) is 10.5 Å². The van der Waals surface area contributed by atoms with Crippen molar-refractivity contribution in [3.63, 3.8) is 0 Å². The molecule has 3 amide bonds. The molecule has 9 nitrogen and oxygen atoms in total. The van der Waals surface area contributed by atoms with E-state index in [-0.39, 0.29) is 37.1 Å². The molecule has 0 bridgehead atoms. The molecule has 0 saturated heterocycles. The number of rotatable bonds is 10. The second-order valence-electron chi connectivity index (χ2n) is 6.53. The molecule has 9 heteroatoms. The van der Waals surface area contributed by atoms with Gasteiger partial charge in [-0.05, 0) is 26.0 Å². The van der Waals surface area contributed by atoms with Gasteiger partial charge in [-0.25, -0.2) is 0 Å². The van der Waals surface area contributed by atoms with Gasteiger partial charge in [0.05, 0.1) is 6.61 Å². The third-order valence-corrected chi connectivity index (χ3v) is 4.04. The van der Waals surface area contributed by atoms with E-state index in [0.717, 1.165) is 5.56 Å². The summed E-state index contributed by atoms with van der Waals surface area (Å²) in [4.78, 5) is 38.4. The largest absolute Gasteiger partial charge is 0.383 e. The predicted molar refractivity (Wildman–Crippen MR) is 108 cm³/mol. The highest BCUT2D eigenvalue weighted by molar-refractivity contribution is 6.01. The highest BCUT2D eigenvalue weighted by Gasteiger charge is 2.20. The van der Waals surface area contributed by atoms with Gasteiger partial charge in [0.2, 0.25) is 17.7 Å². The Hall–Kier alpha value is -3.20. The highest BCUT2D eigenvalue weighted by atomic mass is 16.5. The minimum Gasteiger partial charge on any atom is -0.383 e. The van der Waals surface area contributed by atoms with E-state index < -0.39 is 0 Å². The fourth-order valence-corrected chi connectivity index (χ4v) is 2.53. The monoisotopic (exact) mass is 402 g/mol. The number of ether oxygens (including phenoxy) is 1. The summed E-state index contributed by atoms with van der Waals surface area (Å²) in [7, 11) is 1.54. The Balaban J connectivity index is 1.98. The summed E-state index contributed by atoms with van der Waals surface area (Å²) in [6.45, 7) is 4.24. The van der Waals surface area contributed by atoms with E-state index >= 15 is 0 Å². The van der Waals surface area contributed by atoms with Gasteiger partial charge in [-0.2, -0.15) is 0 Å². The molecule has 2 rings (SSSR count). The lowest BCUT2D eigenvalue weighted by molar-refractivity contribution is -0.125. The van der Waals surface area contributed by atoms with Crippen molar-refractivity contribution in [3.8, 4) is 0 Å². The summed E-state index contributed by atoms with van der Waals surface area (Å²) in [5.41, 5.74) is 1.63. The lowest BCUT2D eigenvalue weighted by atomic mass is 10.2. The molecule has 0 spiro atoms. The summed E-state index contributed by atoms with van der Waals surface area (Å²) in [6, 6.07) is 8.85. The van der Waals surface area contributed by atoms with Gasteiger partial charge in [0.15, 0.2) is 5.82 Å². The van der Waals surface area contributed by atoms with Crippen LogP contribution >= 0.6 is 0 Å². The lowest BCUT2D eigenvalue weighted by Gasteiger charge is -2.22. The van der Waals surface area contributed by atoms with Crippen LogP contribution in [-0.2, 0) is 19.1 Å². The van der Waals surface area contributed by atoms with Crippen LogP contribution in [-0.4, -0.2) is 49.7 Å². The fourth-order valence-electron chi connectivity index (χ4n) is 2.53. The molecule has 0 fully saturated rings. The number of amides is 3. The molecule has 0 atom stereocenters. The molecule has 29 heavy (non-hydrogen) atoms. The van der Waals surface area contributed by atoms with Crippen LogP contribution in [0, 0.1) is 13.8 Å². The molecule has 0 saturated carbocycles. The average molecular weight is 402 g/mol. The van der Waals surface area contributed by atoms with Crippen molar-refractivity contribution in [2.75, 3.05) is 37.0 Å². The van der Waals surface area contributed by atoms with Crippen LogP contribution in [0.4, 0.5) is 11.5 Å². The van der Waals surface area contributed by atoms with E-state index in [9.17, 15) is 14.4 Å². The zero-order chi connectivity index (χ0) is 21.2. The van der Waals surface area contributed by atoms with Crippen molar-refractivity contribution in [1.29, 1.82) is 0 Å². The number of methoxy groups -OCH3 is 1. The summed E-state index contributed by atoms with van der Waals surface area (Å²) in [6.07, 6.45) is -0.0969. The fraction of sp³-hybridized carbons (Fsp3) is 0.400. The van der Waals surface area contributed by atoms with Crippen LogP contribution < -0.4 is 15.5 Å². The number of nitrogens with zero attached hydrogens (tertiary/aromatic N) is 2. The van der Waals surface area contributed by atoms with Gasteiger partial charge in [0.25, 0.3) is 0 Å². The second kappa shape index (κ2) is 11.0. The average Bonchev–Trinajstić information content (AvgIpc) is 3.10. The highest BCUT2D eigenvalue weighted by Crippen LogP contribution is 2.17. The molecule has 0 unspecified atom stereocenters. The second-order valence-corrected chi connectivity index (χ2v) is 6.53. The van der Waals surface area contributed by atoms with Crippen molar-refractivity contribution >= 4 is 29.2 Å².